The van der Waals surface area contributed by atoms with Gasteiger partial charge >= 0.3 is 0 Å². The van der Waals surface area contributed by atoms with E-state index in [1.807, 2.05) is 24.4 Å². The molecule has 4 heterocycles. The van der Waals surface area contributed by atoms with Gasteiger partial charge in [0.2, 0.25) is 0 Å². The summed E-state index contributed by atoms with van der Waals surface area (Å²) >= 11 is 0. The van der Waals surface area contributed by atoms with E-state index in [4.69, 9.17) is 9.72 Å². The molecule has 0 unspecified atom stereocenters. The van der Waals surface area contributed by atoms with Crippen LogP contribution in [0.2, 0.25) is 0 Å². The van der Waals surface area contributed by atoms with E-state index < -0.39 is 0 Å². The highest BCUT2D eigenvalue weighted by molar-refractivity contribution is 5.84. The van der Waals surface area contributed by atoms with Gasteiger partial charge in [-0.2, -0.15) is 0 Å². The van der Waals surface area contributed by atoms with Crippen LogP contribution >= 0.6 is 0 Å². The number of pyridine rings is 1. The minimum absolute atomic E-state index is 0.776. The third-order valence-electron chi connectivity index (χ3n) is 5.32. The number of hydrogen-bond donors (Lipinski definition) is 1. The summed E-state index contributed by atoms with van der Waals surface area (Å²) in [6, 6.07) is 10.0. The van der Waals surface area contributed by atoms with Gasteiger partial charge in [0.15, 0.2) is 5.82 Å². The van der Waals surface area contributed by atoms with Crippen molar-refractivity contribution in [2.24, 2.45) is 0 Å². The molecule has 6 nitrogen and oxygen atoms in total. The molecule has 0 saturated heterocycles. The Morgan fingerprint density at radius 2 is 2.07 bits per heavy atom. The van der Waals surface area contributed by atoms with Crippen LogP contribution in [0, 0.1) is 0 Å². The van der Waals surface area contributed by atoms with Gasteiger partial charge < -0.3 is 9.72 Å². The Bertz CT molecular complexity index is 1120. The first-order valence-electron chi connectivity index (χ1n) is 9.42. The summed E-state index contributed by atoms with van der Waals surface area (Å²) in [7, 11) is 1.70. The van der Waals surface area contributed by atoms with E-state index in [9.17, 15) is 0 Å². The number of ether oxygens (including phenoxy) is 1. The highest BCUT2D eigenvalue weighted by Crippen LogP contribution is 2.27. The summed E-state index contributed by atoms with van der Waals surface area (Å²) in [5.41, 5.74) is 5.79. The number of methoxy groups -OCH3 is 1. The zero-order chi connectivity index (χ0) is 18.9. The van der Waals surface area contributed by atoms with Gasteiger partial charge in [0, 0.05) is 72.9 Å². The quantitative estimate of drug-likeness (QED) is 0.594. The van der Waals surface area contributed by atoms with Crippen molar-refractivity contribution in [2.45, 2.75) is 19.5 Å². The van der Waals surface area contributed by atoms with Crippen LogP contribution < -0.4 is 4.74 Å². The number of aromatic nitrogens is 4. The first-order chi connectivity index (χ1) is 13.8. The maximum Gasteiger partial charge on any atom is 0.159 e. The van der Waals surface area contributed by atoms with Gasteiger partial charge in [0.25, 0.3) is 0 Å². The van der Waals surface area contributed by atoms with Gasteiger partial charge in [-0.15, -0.1) is 0 Å². The molecule has 0 radical (unpaired) electrons. The SMILES string of the molecule is COc1ccc2[nH]cc(CN3CCc4nc(-c5ccncc5)ncc4C3)c2c1. The van der Waals surface area contributed by atoms with Crippen LogP contribution in [0.15, 0.2) is 55.1 Å². The lowest BCUT2D eigenvalue weighted by molar-refractivity contribution is 0.244. The predicted octanol–water partition coefficient (Wildman–Crippen LogP) is 3.59. The lowest BCUT2D eigenvalue weighted by atomic mass is 10.1. The minimum Gasteiger partial charge on any atom is -0.497 e. The van der Waals surface area contributed by atoms with Crippen LogP contribution in [0.3, 0.4) is 0 Å². The summed E-state index contributed by atoms with van der Waals surface area (Å²) < 4.78 is 5.38. The van der Waals surface area contributed by atoms with Crippen molar-refractivity contribution >= 4 is 10.9 Å². The van der Waals surface area contributed by atoms with E-state index in [0.717, 1.165) is 54.4 Å². The van der Waals surface area contributed by atoms with E-state index in [-0.39, 0.29) is 0 Å². The van der Waals surface area contributed by atoms with Crippen molar-refractivity contribution in [3.63, 3.8) is 0 Å². The fourth-order valence-corrected chi connectivity index (χ4v) is 3.81. The molecule has 1 aliphatic rings. The summed E-state index contributed by atoms with van der Waals surface area (Å²) in [5.74, 6) is 1.66. The fourth-order valence-electron chi connectivity index (χ4n) is 3.81. The van der Waals surface area contributed by atoms with E-state index in [1.165, 1.54) is 16.5 Å². The predicted molar refractivity (Wildman–Crippen MR) is 108 cm³/mol. The Hall–Kier alpha value is -3.25. The fraction of sp³-hybridized carbons (Fsp3) is 0.227. The topological polar surface area (TPSA) is 66.9 Å². The lowest BCUT2D eigenvalue weighted by Crippen LogP contribution is -2.30. The molecule has 5 rings (SSSR count). The van der Waals surface area contributed by atoms with Crippen molar-refractivity contribution in [2.75, 3.05) is 13.7 Å². The van der Waals surface area contributed by atoms with Crippen molar-refractivity contribution < 1.29 is 4.74 Å². The molecule has 4 aromatic rings. The van der Waals surface area contributed by atoms with Crippen LogP contribution in [0.5, 0.6) is 5.75 Å². The molecule has 0 aliphatic carbocycles. The maximum atomic E-state index is 5.38. The lowest BCUT2D eigenvalue weighted by Gasteiger charge is -2.27. The molecule has 0 saturated carbocycles. The molecule has 1 aromatic carbocycles. The molecular weight excluding hydrogens is 350 g/mol. The Balaban J connectivity index is 1.36. The average Bonchev–Trinajstić information content (AvgIpc) is 3.16. The van der Waals surface area contributed by atoms with Crippen molar-refractivity contribution in [3.8, 4) is 17.1 Å². The first-order valence-corrected chi connectivity index (χ1v) is 9.42. The monoisotopic (exact) mass is 371 g/mol. The van der Waals surface area contributed by atoms with Crippen LogP contribution in [-0.2, 0) is 19.5 Å². The Morgan fingerprint density at radius 3 is 2.93 bits per heavy atom. The Labute approximate surface area is 163 Å². The standard InChI is InChI=1S/C22H21N5O/c1-28-18-2-3-21-19(10-18)16(11-24-21)13-27-9-6-20-17(14-27)12-25-22(26-20)15-4-7-23-8-5-15/h2-5,7-8,10-12,24H,6,9,13-14H2,1H3. The van der Waals surface area contributed by atoms with E-state index in [2.05, 4.69) is 38.2 Å². The van der Waals surface area contributed by atoms with Crippen molar-refractivity contribution in [1.29, 1.82) is 0 Å². The smallest absolute Gasteiger partial charge is 0.159 e. The third kappa shape index (κ3) is 3.12. The molecule has 1 aliphatic heterocycles. The molecule has 3 aromatic heterocycles. The van der Waals surface area contributed by atoms with Gasteiger partial charge in [-0.1, -0.05) is 0 Å². The van der Waals surface area contributed by atoms with Crippen molar-refractivity contribution in [3.05, 3.63) is 71.9 Å². The van der Waals surface area contributed by atoms with Gasteiger partial charge in [0.1, 0.15) is 5.75 Å². The zero-order valence-corrected chi connectivity index (χ0v) is 15.7. The number of H-pyrrole nitrogens is 1. The van der Waals surface area contributed by atoms with Crippen molar-refractivity contribution in [1.82, 2.24) is 24.8 Å². The van der Waals surface area contributed by atoms with E-state index in [1.54, 1.807) is 19.5 Å². The molecule has 0 amide bonds. The summed E-state index contributed by atoms with van der Waals surface area (Å²) in [6.07, 6.45) is 8.55. The molecule has 0 atom stereocenters. The van der Waals surface area contributed by atoms with Crippen LogP contribution in [0.4, 0.5) is 0 Å². The summed E-state index contributed by atoms with van der Waals surface area (Å²) in [6.45, 7) is 2.73. The summed E-state index contributed by atoms with van der Waals surface area (Å²) in [5, 5.41) is 1.22. The van der Waals surface area contributed by atoms with Crippen LogP contribution in [0.25, 0.3) is 22.3 Å². The van der Waals surface area contributed by atoms with E-state index >= 15 is 0 Å². The highest BCUT2D eigenvalue weighted by Gasteiger charge is 2.20. The third-order valence-corrected chi connectivity index (χ3v) is 5.32. The van der Waals surface area contributed by atoms with Gasteiger partial charge in [-0.25, -0.2) is 9.97 Å². The molecule has 0 fully saturated rings. The largest absolute Gasteiger partial charge is 0.497 e. The highest BCUT2D eigenvalue weighted by atomic mass is 16.5. The minimum atomic E-state index is 0.776. The molecule has 0 spiro atoms. The Kier molecular flexibility index (Phi) is 4.25. The number of aromatic amines is 1. The Morgan fingerprint density at radius 1 is 1.18 bits per heavy atom. The van der Waals surface area contributed by atoms with Gasteiger partial charge in [-0.05, 0) is 35.9 Å². The number of fused-ring (bicyclic) bond motifs is 2. The number of nitrogens with zero attached hydrogens (tertiary/aromatic N) is 4. The molecule has 28 heavy (non-hydrogen) atoms. The normalized spacial score (nSPS) is 14.2. The number of rotatable bonds is 4. The van der Waals surface area contributed by atoms with Gasteiger partial charge in [0.05, 0.1) is 12.8 Å². The second kappa shape index (κ2) is 7.05. The van der Waals surface area contributed by atoms with Gasteiger partial charge in [-0.3, -0.25) is 9.88 Å². The maximum absolute atomic E-state index is 5.38. The molecule has 1 N–H and O–H groups in total. The van der Waals surface area contributed by atoms with Crippen LogP contribution in [-0.4, -0.2) is 38.5 Å². The first kappa shape index (κ1) is 16.9. The van der Waals surface area contributed by atoms with E-state index in [0.29, 0.717) is 0 Å². The molecular formula is C22H21N5O. The number of hydrogen-bond acceptors (Lipinski definition) is 5. The number of nitrogens with one attached hydrogen (secondary N) is 1. The summed E-state index contributed by atoms with van der Waals surface area (Å²) in [4.78, 5) is 19.2. The number of benzene rings is 1. The molecule has 6 heteroatoms. The van der Waals surface area contributed by atoms with Crippen LogP contribution in [0.1, 0.15) is 16.8 Å². The second-order valence-electron chi connectivity index (χ2n) is 7.09. The molecule has 140 valence electrons. The molecule has 0 bridgehead atoms. The average molecular weight is 371 g/mol. The second-order valence-corrected chi connectivity index (χ2v) is 7.09. The zero-order valence-electron chi connectivity index (χ0n) is 15.7.